The molecule has 0 spiro atoms. The van der Waals surface area contributed by atoms with Crippen molar-refractivity contribution < 1.29 is 33.0 Å². The second kappa shape index (κ2) is 13.8. The minimum Gasteiger partial charge on any atom is -0.497 e. The number of esters is 2. The van der Waals surface area contributed by atoms with Crippen LogP contribution in [-0.2, 0) is 14.3 Å². The third-order valence-electron chi connectivity index (χ3n) is 7.29. The summed E-state index contributed by atoms with van der Waals surface area (Å²) in [4.78, 5) is 44.5. The molecule has 2 aromatic carbocycles. The lowest BCUT2D eigenvalue weighted by atomic mass is 9.95. The minimum absolute atomic E-state index is 0.166. The predicted molar refractivity (Wildman–Crippen MR) is 169 cm³/mol. The molecule has 3 heterocycles. The molecule has 0 amide bonds. The first-order valence-corrected chi connectivity index (χ1v) is 15.4. The molecular weight excluding hydrogens is 596 g/mol. The van der Waals surface area contributed by atoms with Gasteiger partial charge in [-0.05, 0) is 56.7 Å². The Hall–Kier alpha value is -4.90. The highest BCUT2D eigenvalue weighted by atomic mass is 32.1. The van der Waals surface area contributed by atoms with Crippen molar-refractivity contribution in [2.45, 2.75) is 39.7 Å². The number of fused-ring (bicyclic) bond motifs is 1. The van der Waals surface area contributed by atoms with Gasteiger partial charge >= 0.3 is 11.9 Å². The van der Waals surface area contributed by atoms with E-state index < -0.39 is 12.0 Å². The van der Waals surface area contributed by atoms with Crippen molar-refractivity contribution in [2.75, 3.05) is 27.4 Å². The van der Waals surface area contributed by atoms with Gasteiger partial charge in [0.25, 0.3) is 5.56 Å². The summed E-state index contributed by atoms with van der Waals surface area (Å²) < 4.78 is 29.6. The van der Waals surface area contributed by atoms with E-state index in [-0.39, 0.29) is 23.7 Å². The van der Waals surface area contributed by atoms with Crippen LogP contribution >= 0.6 is 11.3 Å². The molecule has 5 rings (SSSR count). The first-order valence-electron chi connectivity index (χ1n) is 14.6. The van der Waals surface area contributed by atoms with Gasteiger partial charge in [-0.2, -0.15) is 0 Å². The highest BCUT2D eigenvalue weighted by molar-refractivity contribution is 7.07. The Morgan fingerprint density at radius 1 is 1.00 bits per heavy atom. The van der Waals surface area contributed by atoms with Crippen LogP contribution in [0.1, 0.15) is 61.3 Å². The summed E-state index contributed by atoms with van der Waals surface area (Å²) in [5.74, 6) is 1.11. The van der Waals surface area contributed by atoms with Crippen LogP contribution in [0.25, 0.3) is 17.4 Å². The van der Waals surface area contributed by atoms with Crippen molar-refractivity contribution in [3.05, 3.63) is 102 Å². The highest BCUT2D eigenvalue weighted by Crippen LogP contribution is 2.37. The van der Waals surface area contributed by atoms with Crippen molar-refractivity contribution in [1.29, 1.82) is 0 Å². The van der Waals surface area contributed by atoms with Gasteiger partial charge in [0, 0.05) is 23.3 Å². The monoisotopic (exact) mass is 630 g/mol. The van der Waals surface area contributed by atoms with Gasteiger partial charge < -0.3 is 23.4 Å². The fourth-order valence-corrected chi connectivity index (χ4v) is 6.03. The number of benzene rings is 2. The molecule has 0 saturated heterocycles. The molecule has 1 aliphatic rings. The Balaban J connectivity index is 1.53. The van der Waals surface area contributed by atoms with Crippen LogP contribution in [0.2, 0.25) is 0 Å². The first kappa shape index (κ1) is 31.5. The highest BCUT2D eigenvalue weighted by Gasteiger charge is 2.35. The minimum atomic E-state index is -0.845. The number of furan rings is 1. The molecule has 0 aliphatic carbocycles. The lowest BCUT2D eigenvalue weighted by molar-refractivity contribution is -0.139. The number of aromatic nitrogens is 1. The molecule has 0 saturated carbocycles. The second-order valence-corrected chi connectivity index (χ2v) is 11.2. The fourth-order valence-electron chi connectivity index (χ4n) is 5.01. The van der Waals surface area contributed by atoms with Crippen LogP contribution in [0.5, 0.6) is 11.5 Å². The van der Waals surface area contributed by atoms with E-state index in [1.54, 1.807) is 81.6 Å². The van der Waals surface area contributed by atoms with Crippen LogP contribution in [0.3, 0.4) is 0 Å². The maximum atomic E-state index is 14.0. The zero-order valence-corrected chi connectivity index (χ0v) is 26.6. The zero-order chi connectivity index (χ0) is 32.1. The quantitative estimate of drug-likeness (QED) is 0.167. The second-order valence-electron chi connectivity index (χ2n) is 10.2. The number of nitrogens with zero attached hydrogens (tertiary/aromatic N) is 2. The Morgan fingerprint density at radius 3 is 2.47 bits per heavy atom. The van der Waals surface area contributed by atoms with Crippen LogP contribution in [0, 0.1) is 0 Å². The SMILES string of the molecule is CCCCOC(=O)c1ccc(-c2ccc(/C=c3\sc4n(c3=O)[C@@H](c3ccc(OC)cc3OC)C(C(=O)OCC)=C(C)N=4)o2)cc1. The van der Waals surface area contributed by atoms with Gasteiger partial charge in [0.2, 0.25) is 0 Å². The molecule has 1 aliphatic heterocycles. The van der Waals surface area contributed by atoms with E-state index in [1.165, 1.54) is 23.0 Å². The lowest BCUT2D eigenvalue weighted by Gasteiger charge is -2.26. The van der Waals surface area contributed by atoms with E-state index in [0.717, 1.165) is 18.4 Å². The molecule has 2 aromatic heterocycles. The predicted octanol–water partition coefficient (Wildman–Crippen LogP) is 5.03. The van der Waals surface area contributed by atoms with Crippen LogP contribution < -0.4 is 24.4 Å². The van der Waals surface area contributed by atoms with Gasteiger partial charge in [-0.25, -0.2) is 14.6 Å². The van der Waals surface area contributed by atoms with Crippen molar-refractivity contribution >= 4 is 29.4 Å². The number of ether oxygens (including phenoxy) is 4. The molecule has 0 radical (unpaired) electrons. The van der Waals surface area contributed by atoms with E-state index in [2.05, 4.69) is 4.99 Å². The zero-order valence-electron chi connectivity index (χ0n) is 25.7. The lowest BCUT2D eigenvalue weighted by Crippen LogP contribution is -2.40. The summed E-state index contributed by atoms with van der Waals surface area (Å²) in [6.07, 6.45) is 3.42. The molecule has 0 N–H and O–H groups in total. The van der Waals surface area contributed by atoms with Gasteiger partial charge in [-0.1, -0.05) is 36.8 Å². The van der Waals surface area contributed by atoms with Gasteiger partial charge in [0.1, 0.15) is 29.1 Å². The number of methoxy groups -OCH3 is 2. The van der Waals surface area contributed by atoms with Crippen LogP contribution in [0.4, 0.5) is 0 Å². The molecule has 0 unspecified atom stereocenters. The average Bonchev–Trinajstić information content (AvgIpc) is 3.64. The average molecular weight is 631 g/mol. The number of rotatable bonds is 11. The molecule has 0 fully saturated rings. The summed E-state index contributed by atoms with van der Waals surface area (Å²) in [6, 6.07) is 14.9. The third kappa shape index (κ3) is 6.48. The maximum Gasteiger partial charge on any atom is 0.338 e. The molecular formula is C34H34N2O8S. The molecule has 10 nitrogen and oxygen atoms in total. The molecule has 4 aromatic rings. The number of thiazole rings is 1. The molecule has 1 atom stereocenters. The molecule has 45 heavy (non-hydrogen) atoms. The van der Waals surface area contributed by atoms with Crippen molar-refractivity contribution in [2.24, 2.45) is 4.99 Å². The van der Waals surface area contributed by atoms with Crippen LogP contribution in [-0.4, -0.2) is 43.9 Å². The Labute approximate surface area is 263 Å². The third-order valence-corrected chi connectivity index (χ3v) is 8.27. The van der Waals surface area contributed by atoms with E-state index in [0.29, 0.717) is 55.8 Å². The largest absolute Gasteiger partial charge is 0.497 e. The van der Waals surface area contributed by atoms with Crippen molar-refractivity contribution in [1.82, 2.24) is 4.57 Å². The first-order chi connectivity index (χ1) is 21.8. The van der Waals surface area contributed by atoms with Gasteiger partial charge in [0.05, 0.1) is 48.8 Å². The topological polar surface area (TPSA) is 119 Å². The van der Waals surface area contributed by atoms with E-state index >= 15 is 0 Å². The number of allylic oxidation sites excluding steroid dienone is 1. The number of hydrogen-bond donors (Lipinski definition) is 0. The van der Waals surface area contributed by atoms with E-state index in [1.807, 2.05) is 6.92 Å². The van der Waals surface area contributed by atoms with Crippen LogP contribution in [0.15, 0.2) is 80.1 Å². The van der Waals surface area contributed by atoms with Crippen molar-refractivity contribution in [3.63, 3.8) is 0 Å². The summed E-state index contributed by atoms with van der Waals surface area (Å²) in [5, 5.41) is 0. The number of hydrogen-bond acceptors (Lipinski definition) is 10. The number of carbonyl (C=O) groups excluding carboxylic acids is 2. The smallest absolute Gasteiger partial charge is 0.338 e. The maximum absolute atomic E-state index is 14.0. The number of unbranched alkanes of at least 4 members (excludes halogenated alkanes) is 1. The summed E-state index contributed by atoms with van der Waals surface area (Å²) in [5.41, 5.74) is 2.16. The van der Waals surface area contributed by atoms with Crippen molar-refractivity contribution in [3.8, 4) is 22.8 Å². The summed E-state index contributed by atoms with van der Waals surface area (Å²) in [6.45, 7) is 6.04. The molecule has 11 heteroatoms. The molecule has 234 valence electrons. The standard InChI is InChI=1S/C34H34N2O8S/c1-6-8-17-43-32(38)22-11-9-21(10-12-22)26-16-14-24(44-26)19-28-31(37)36-30(25-15-13-23(40-4)18-27(25)41-5)29(33(39)42-7-2)20(3)35-34(36)45-28/h9-16,18-19,30H,6-8,17H2,1-5H3/b28-19-/t30-/m0/s1. The number of carbonyl (C=O) groups is 2. The fraction of sp³-hybridized carbons (Fsp3) is 0.294. The Kier molecular flexibility index (Phi) is 9.68. The summed E-state index contributed by atoms with van der Waals surface area (Å²) >= 11 is 1.19. The van der Waals surface area contributed by atoms with Gasteiger partial charge in [-0.3, -0.25) is 9.36 Å². The molecule has 0 bridgehead atoms. The Bertz CT molecular complexity index is 1930. The normalized spacial score (nSPS) is 14.5. The Morgan fingerprint density at radius 2 is 1.78 bits per heavy atom. The van der Waals surface area contributed by atoms with E-state index in [4.69, 9.17) is 23.4 Å². The van der Waals surface area contributed by atoms with E-state index in [9.17, 15) is 14.4 Å². The van der Waals surface area contributed by atoms with Gasteiger partial charge in [-0.15, -0.1) is 0 Å². The summed E-state index contributed by atoms with van der Waals surface area (Å²) in [7, 11) is 3.07. The van der Waals surface area contributed by atoms with Gasteiger partial charge in [0.15, 0.2) is 4.80 Å².